The number of aryl methyl sites for hydroxylation is 1. The fourth-order valence-corrected chi connectivity index (χ4v) is 5.86. The zero-order valence-corrected chi connectivity index (χ0v) is 21.1. The topological polar surface area (TPSA) is 95.6 Å². The van der Waals surface area contributed by atoms with Gasteiger partial charge >= 0.3 is 6.03 Å². The van der Waals surface area contributed by atoms with Gasteiger partial charge in [0.1, 0.15) is 21.2 Å². The Morgan fingerprint density at radius 2 is 1.97 bits per heavy atom. The standard InChI is InChI=1S/C27H23F2N5O3S/c1-15-11-18(37-17-5-3-2-4-6-17)7-8-19(15)34-20-9-10-31-25-21(20)22(33-26(34)36)23(38-25)24(35)32-16-12-27(28,29)14-30-13-16/h2-11,16,30H,12-14H2,1H3,(H,32,35)(H,33,36). The molecule has 2 aliphatic heterocycles. The van der Waals surface area contributed by atoms with E-state index in [1.807, 2.05) is 43.3 Å². The number of halogens is 2. The molecule has 6 rings (SSSR count). The van der Waals surface area contributed by atoms with Crippen LogP contribution in [0.4, 0.5) is 30.6 Å². The highest BCUT2D eigenvalue weighted by Gasteiger charge is 2.38. The Morgan fingerprint density at radius 3 is 2.74 bits per heavy atom. The Labute approximate surface area is 220 Å². The van der Waals surface area contributed by atoms with Gasteiger partial charge in [0, 0.05) is 25.2 Å². The Bertz CT molecular complexity index is 1560. The van der Waals surface area contributed by atoms with Gasteiger partial charge in [0.05, 0.1) is 29.0 Å². The van der Waals surface area contributed by atoms with Crippen molar-refractivity contribution in [3.8, 4) is 11.5 Å². The van der Waals surface area contributed by atoms with Crippen LogP contribution in [-0.4, -0.2) is 42.0 Å². The Morgan fingerprint density at radius 1 is 1.16 bits per heavy atom. The smallest absolute Gasteiger partial charge is 0.331 e. The molecule has 0 spiro atoms. The van der Waals surface area contributed by atoms with Crippen LogP contribution in [0, 0.1) is 6.92 Å². The zero-order chi connectivity index (χ0) is 26.4. The normalized spacial score (nSPS) is 18.2. The number of alkyl halides is 2. The molecule has 1 fully saturated rings. The molecule has 8 nitrogen and oxygen atoms in total. The molecule has 2 aliphatic rings. The summed E-state index contributed by atoms with van der Waals surface area (Å²) >= 11 is 1.11. The van der Waals surface area contributed by atoms with Crippen molar-refractivity contribution in [2.75, 3.05) is 23.3 Å². The summed E-state index contributed by atoms with van der Waals surface area (Å²) in [5.74, 6) is -2.08. The van der Waals surface area contributed by atoms with Gasteiger partial charge in [-0.1, -0.05) is 18.2 Å². The number of thiophene rings is 1. The number of nitrogens with zero attached hydrogens (tertiary/aromatic N) is 2. The molecule has 0 radical (unpaired) electrons. The number of amides is 3. The molecule has 3 amide bonds. The maximum absolute atomic E-state index is 13.8. The molecule has 1 unspecified atom stereocenters. The molecule has 1 saturated heterocycles. The van der Waals surface area contributed by atoms with Crippen molar-refractivity contribution in [1.29, 1.82) is 0 Å². The number of piperidine rings is 1. The first kappa shape index (κ1) is 24.3. The van der Waals surface area contributed by atoms with Gasteiger partial charge in [0.25, 0.3) is 11.8 Å². The van der Waals surface area contributed by atoms with Gasteiger partial charge in [-0.05, 0) is 48.9 Å². The summed E-state index contributed by atoms with van der Waals surface area (Å²) in [5.41, 5.74) is 2.37. The maximum Gasteiger partial charge on any atom is 0.331 e. The van der Waals surface area contributed by atoms with E-state index in [1.54, 1.807) is 29.3 Å². The second kappa shape index (κ2) is 9.34. The molecule has 1 atom stereocenters. The van der Waals surface area contributed by atoms with E-state index in [0.717, 1.165) is 16.9 Å². The third kappa shape index (κ3) is 4.44. The predicted molar refractivity (Wildman–Crippen MR) is 142 cm³/mol. The van der Waals surface area contributed by atoms with Crippen LogP contribution >= 0.6 is 11.3 Å². The molecule has 2 aromatic carbocycles. The third-order valence-corrected chi connectivity index (χ3v) is 7.59. The number of hydrogen-bond donors (Lipinski definition) is 3. The number of para-hydroxylation sites is 1. The van der Waals surface area contributed by atoms with E-state index in [4.69, 9.17) is 4.74 Å². The third-order valence-electron chi connectivity index (χ3n) is 6.49. The number of nitrogens with one attached hydrogen (secondary N) is 3. The van der Waals surface area contributed by atoms with E-state index in [1.165, 1.54) is 0 Å². The molecule has 0 saturated carbocycles. The lowest BCUT2D eigenvalue weighted by atomic mass is 10.0. The van der Waals surface area contributed by atoms with Crippen LogP contribution in [0.1, 0.15) is 21.7 Å². The van der Waals surface area contributed by atoms with E-state index in [0.29, 0.717) is 38.8 Å². The van der Waals surface area contributed by atoms with Crippen LogP contribution in [0.2, 0.25) is 0 Å². The second-order valence-electron chi connectivity index (χ2n) is 9.31. The molecule has 0 bridgehead atoms. The average Bonchev–Trinajstić information content (AvgIpc) is 3.25. The van der Waals surface area contributed by atoms with E-state index < -0.39 is 36.9 Å². The van der Waals surface area contributed by atoms with Gasteiger partial charge < -0.3 is 20.7 Å². The largest absolute Gasteiger partial charge is 0.457 e. The minimum Gasteiger partial charge on any atom is -0.457 e. The number of carbonyl (C=O) groups is 2. The summed E-state index contributed by atoms with van der Waals surface area (Å²) in [4.78, 5) is 33.3. The molecule has 194 valence electrons. The van der Waals surface area contributed by atoms with Gasteiger partial charge in [-0.25, -0.2) is 18.6 Å². The number of pyridine rings is 1. The van der Waals surface area contributed by atoms with Crippen molar-refractivity contribution >= 4 is 50.6 Å². The monoisotopic (exact) mass is 535 g/mol. The van der Waals surface area contributed by atoms with Crippen molar-refractivity contribution in [1.82, 2.24) is 15.6 Å². The second-order valence-corrected chi connectivity index (χ2v) is 10.3. The van der Waals surface area contributed by atoms with Crippen molar-refractivity contribution in [3.63, 3.8) is 0 Å². The van der Waals surface area contributed by atoms with E-state index >= 15 is 0 Å². The lowest BCUT2D eigenvalue weighted by molar-refractivity contribution is -0.0301. The van der Waals surface area contributed by atoms with Crippen LogP contribution in [0.25, 0.3) is 10.2 Å². The van der Waals surface area contributed by atoms with Crippen LogP contribution < -0.4 is 25.6 Å². The van der Waals surface area contributed by atoms with Crippen molar-refractivity contribution < 1.29 is 23.1 Å². The summed E-state index contributed by atoms with van der Waals surface area (Å²) in [7, 11) is 0. The highest BCUT2D eigenvalue weighted by Crippen LogP contribution is 2.46. The van der Waals surface area contributed by atoms with E-state index in [2.05, 4.69) is 20.9 Å². The number of anilines is 3. The van der Waals surface area contributed by atoms with E-state index in [-0.39, 0.29) is 11.4 Å². The highest BCUT2D eigenvalue weighted by atomic mass is 32.1. The minimum absolute atomic E-state index is 0.227. The molecular weight excluding hydrogens is 512 g/mol. The first-order chi connectivity index (χ1) is 18.3. The molecule has 4 heterocycles. The first-order valence-electron chi connectivity index (χ1n) is 12.0. The summed E-state index contributed by atoms with van der Waals surface area (Å²) in [6.45, 7) is 1.72. The number of benzene rings is 2. The molecular formula is C27H23F2N5O3S. The van der Waals surface area contributed by atoms with Gasteiger partial charge in [-0.2, -0.15) is 0 Å². The van der Waals surface area contributed by atoms with Crippen LogP contribution in [-0.2, 0) is 0 Å². The molecule has 0 aliphatic carbocycles. The summed E-state index contributed by atoms with van der Waals surface area (Å²) in [5, 5.41) is 8.80. The Hall–Kier alpha value is -4.09. The molecule has 38 heavy (non-hydrogen) atoms. The Balaban J connectivity index is 1.32. The maximum atomic E-state index is 13.8. The summed E-state index contributed by atoms with van der Waals surface area (Å²) in [6, 6.07) is 15.4. The number of hydrogen-bond acceptors (Lipinski definition) is 6. The summed E-state index contributed by atoms with van der Waals surface area (Å²) in [6.07, 6.45) is 1.14. The number of carbonyl (C=O) groups excluding carboxylic acids is 2. The minimum atomic E-state index is -2.90. The molecule has 11 heteroatoms. The highest BCUT2D eigenvalue weighted by molar-refractivity contribution is 7.21. The first-order valence-corrected chi connectivity index (χ1v) is 12.9. The number of aromatic nitrogens is 1. The quantitative estimate of drug-likeness (QED) is 0.300. The van der Waals surface area contributed by atoms with Gasteiger partial charge in [0.15, 0.2) is 0 Å². The Kier molecular flexibility index (Phi) is 5.96. The predicted octanol–water partition coefficient (Wildman–Crippen LogP) is 5.81. The van der Waals surface area contributed by atoms with Crippen molar-refractivity contribution in [3.05, 3.63) is 71.2 Å². The molecule has 2 aromatic heterocycles. The SMILES string of the molecule is Cc1cc(Oc2ccccc2)ccc1N1C(=O)Nc2c(C(=O)NC3CNCC(F)(F)C3)sc3nccc1c23. The van der Waals surface area contributed by atoms with Gasteiger partial charge in [-0.3, -0.25) is 9.69 Å². The fraction of sp³-hybridized carbons (Fsp3) is 0.222. The zero-order valence-electron chi connectivity index (χ0n) is 20.3. The van der Waals surface area contributed by atoms with Crippen LogP contribution in [0.5, 0.6) is 11.5 Å². The number of ether oxygens (including phenoxy) is 1. The number of rotatable bonds is 5. The van der Waals surface area contributed by atoms with Crippen LogP contribution in [0.15, 0.2) is 60.8 Å². The lowest BCUT2D eigenvalue weighted by Crippen LogP contribution is -2.53. The van der Waals surface area contributed by atoms with Crippen molar-refractivity contribution in [2.45, 2.75) is 25.3 Å². The van der Waals surface area contributed by atoms with Crippen LogP contribution in [0.3, 0.4) is 0 Å². The van der Waals surface area contributed by atoms with Gasteiger partial charge in [0.2, 0.25) is 0 Å². The van der Waals surface area contributed by atoms with Crippen molar-refractivity contribution in [2.24, 2.45) is 0 Å². The van der Waals surface area contributed by atoms with Gasteiger partial charge in [-0.15, -0.1) is 11.3 Å². The lowest BCUT2D eigenvalue weighted by Gasteiger charge is -2.31. The molecule has 4 aromatic rings. The number of urea groups is 1. The molecule has 3 N–H and O–H groups in total. The average molecular weight is 536 g/mol. The fourth-order valence-electron chi connectivity index (χ4n) is 4.84. The van der Waals surface area contributed by atoms with E-state index in [9.17, 15) is 18.4 Å². The summed E-state index contributed by atoms with van der Waals surface area (Å²) < 4.78 is 33.5.